The van der Waals surface area contributed by atoms with Crippen LogP contribution in [0.1, 0.15) is 49.3 Å². The highest BCUT2D eigenvalue weighted by atomic mass is 28.4. The second-order valence-corrected chi connectivity index (χ2v) is 17.7. The molecule has 0 unspecified atom stereocenters. The molecule has 0 bridgehead atoms. The van der Waals surface area contributed by atoms with E-state index >= 15 is 0 Å². The molecule has 9 nitrogen and oxygen atoms in total. The number of H-pyrrole nitrogens is 1. The molecule has 46 heavy (non-hydrogen) atoms. The number of aliphatic hydroxyl groups is 1. The van der Waals surface area contributed by atoms with Gasteiger partial charge in [-0.05, 0) is 53.9 Å². The van der Waals surface area contributed by atoms with E-state index in [1.54, 1.807) is 14.0 Å². The molecule has 0 aliphatic heterocycles. The summed E-state index contributed by atoms with van der Waals surface area (Å²) in [5, 5.41) is 10.4. The van der Waals surface area contributed by atoms with E-state index in [2.05, 4.69) is 38.8 Å². The van der Waals surface area contributed by atoms with E-state index in [9.17, 15) is 14.7 Å². The number of benzene rings is 3. The molecule has 246 valence electrons. The maximum Gasteiger partial charge on any atom is 0.330 e. The number of ether oxygens (including phenoxy) is 3. The van der Waals surface area contributed by atoms with E-state index in [1.807, 2.05) is 84.9 Å². The number of nitrogens with zero attached hydrogens (tertiary/aromatic N) is 1. The van der Waals surface area contributed by atoms with Crippen LogP contribution < -0.4 is 16.0 Å². The molecule has 0 amide bonds. The Morgan fingerprint density at radius 3 is 1.89 bits per heavy atom. The number of hydrogen-bond acceptors (Lipinski definition) is 7. The third-order valence-electron chi connectivity index (χ3n) is 8.74. The Morgan fingerprint density at radius 2 is 1.39 bits per heavy atom. The van der Waals surface area contributed by atoms with Crippen molar-refractivity contribution in [2.75, 3.05) is 26.9 Å². The van der Waals surface area contributed by atoms with Crippen molar-refractivity contribution >= 4 is 8.32 Å². The van der Waals surface area contributed by atoms with Crippen molar-refractivity contribution in [2.45, 2.75) is 63.8 Å². The Bertz CT molecular complexity index is 1620. The van der Waals surface area contributed by atoms with Gasteiger partial charge in [0.05, 0.1) is 26.9 Å². The SMILES string of the molecule is COc1ccc(C(OC[C@H](CO[Si](C)(C)C(C)(C)C)O[C@H](CO)n2cc(C)c(=O)[nH]c2=O)(c2ccccc2)c2ccccc2)cc1. The summed E-state index contributed by atoms with van der Waals surface area (Å²) in [6.07, 6.45) is -0.413. The van der Waals surface area contributed by atoms with Crippen LogP contribution in [0.4, 0.5) is 0 Å². The number of aromatic amines is 1. The van der Waals surface area contributed by atoms with Crippen LogP contribution in [-0.4, -0.2) is 56.0 Å². The number of aryl methyl sites for hydroxylation is 1. The average molecular weight is 647 g/mol. The van der Waals surface area contributed by atoms with Crippen LogP contribution in [0.3, 0.4) is 0 Å². The zero-order valence-electron chi connectivity index (χ0n) is 27.8. The normalized spacial score (nSPS) is 13.7. The third-order valence-corrected chi connectivity index (χ3v) is 13.2. The van der Waals surface area contributed by atoms with Crippen LogP contribution in [-0.2, 0) is 19.5 Å². The lowest BCUT2D eigenvalue weighted by Crippen LogP contribution is -2.45. The Morgan fingerprint density at radius 1 is 0.848 bits per heavy atom. The summed E-state index contributed by atoms with van der Waals surface area (Å²) in [5.41, 5.74) is 0.769. The summed E-state index contributed by atoms with van der Waals surface area (Å²) in [4.78, 5) is 27.2. The largest absolute Gasteiger partial charge is 0.497 e. The molecule has 0 saturated heterocycles. The summed E-state index contributed by atoms with van der Waals surface area (Å²) >= 11 is 0. The van der Waals surface area contributed by atoms with E-state index in [0.717, 1.165) is 22.4 Å². The molecule has 0 spiro atoms. The van der Waals surface area contributed by atoms with Gasteiger partial charge in [-0.3, -0.25) is 14.3 Å². The smallest absolute Gasteiger partial charge is 0.330 e. The highest BCUT2D eigenvalue weighted by Gasteiger charge is 2.41. The molecule has 0 saturated carbocycles. The van der Waals surface area contributed by atoms with Gasteiger partial charge in [0.15, 0.2) is 14.5 Å². The number of aromatic nitrogens is 2. The highest BCUT2D eigenvalue weighted by molar-refractivity contribution is 6.74. The van der Waals surface area contributed by atoms with E-state index in [0.29, 0.717) is 5.56 Å². The fourth-order valence-corrected chi connectivity index (χ4v) is 6.04. The monoisotopic (exact) mass is 646 g/mol. The predicted molar refractivity (Wildman–Crippen MR) is 182 cm³/mol. The van der Waals surface area contributed by atoms with Crippen molar-refractivity contribution < 1.29 is 23.7 Å². The number of aliphatic hydroxyl groups excluding tert-OH is 1. The van der Waals surface area contributed by atoms with Crippen LogP contribution in [0.15, 0.2) is 101 Å². The zero-order chi connectivity index (χ0) is 33.5. The molecule has 2 N–H and O–H groups in total. The molecular formula is C36H46N2O7Si. The van der Waals surface area contributed by atoms with Gasteiger partial charge in [0.1, 0.15) is 17.5 Å². The van der Waals surface area contributed by atoms with E-state index in [-0.39, 0.29) is 18.3 Å². The van der Waals surface area contributed by atoms with Gasteiger partial charge >= 0.3 is 5.69 Å². The van der Waals surface area contributed by atoms with Gasteiger partial charge in [-0.1, -0.05) is 93.6 Å². The fourth-order valence-electron chi connectivity index (χ4n) is 5.00. The number of nitrogens with one attached hydrogen (secondary N) is 1. The standard InChI is InChI=1S/C36H46N2O7Si/c1-26-22-38(34(41)37-33(26)40)32(23-39)45-31(25-44-46(6,7)35(2,3)4)24-43-36(27-14-10-8-11-15-27,28-16-12-9-13-17-28)29-18-20-30(42-5)21-19-29/h8-22,31-32,39H,23-25H2,1-7H3,(H,37,40,41)/t31-,32-/m1/s1. The second kappa shape index (κ2) is 14.7. The lowest BCUT2D eigenvalue weighted by atomic mass is 9.80. The van der Waals surface area contributed by atoms with E-state index in [1.165, 1.54) is 10.8 Å². The van der Waals surface area contributed by atoms with Crippen molar-refractivity contribution in [3.63, 3.8) is 0 Å². The van der Waals surface area contributed by atoms with Crippen molar-refractivity contribution in [1.29, 1.82) is 0 Å². The van der Waals surface area contributed by atoms with Gasteiger partial charge in [-0.15, -0.1) is 0 Å². The first kappa shape index (κ1) is 35.1. The van der Waals surface area contributed by atoms with Crippen LogP contribution in [0.2, 0.25) is 18.1 Å². The van der Waals surface area contributed by atoms with Crippen molar-refractivity contribution in [1.82, 2.24) is 9.55 Å². The predicted octanol–water partition coefficient (Wildman–Crippen LogP) is 5.76. The van der Waals surface area contributed by atoms with E-state index in [4.69, 9.17) is 18.6 Å². The number of hydrogen-bond donors (Lipinski definition) is 2. The summed E-state index contributed by atoms with van der Waals surface area (Å²) in [7, 11) is -0.612. The second-order valence-electron chi connectivity index (χ2n) is 12.9. The number of methoxy groups -OCH3 is 1. The summed E-state index contributed by atoms with van der Waals surface area (Å²) in [5.74, 6) is 0.718. The topological polar surface area (TPSA) is 112 Å². The molecule has 1 aromatic heterocycles. The molecule has 0 fully saturated rings. The molecule has 3 aromatic carbocycles. The van der Waals surface area contributed by atoms with Crippen molar-refractivity contribution in [2.24, 2.45) is 0 Å². The summed E-state index contributed by atoms with van der Waals surface area (Å²) in [6.45, 7) is 12.1. The van der Waals surface area contributed by atoms with Crippen LogP contribution in [0, 0.1) is 6.92 Å². The minimum atomic E-state index is -2.24. The van der Waals surface area contributed by atoms with Gasteiger partial charge in [-0.25, -0.2) is 4.79 Å². The molecule has 4 aromatic rings. The summed E-state index contributed by atoms with van der Waals surface area (Å²) in [6, 6.07) is 27.7. The Balaban J connectivity index is 1.80. The van der Waals surface area contributed by atoms with Gasteiger partial charge in [0.2, 0.25) is 0 Å². The van der Waals surface area contributed by atoms with Crippen LogP contribution >= 0.6 is 0 Å². The van der Waals surface area contributed by atoms with Gasteiger partial charge in [0, 0.05) is 11.8 Å². The quantitative estimate of drug-likeness (QED) is 0.132. The van der Waals surface area contributed by atoms with Gasteiger partial charge in [-0.2, -0.15) is 0 Å². The molecule has 0 radical (unpaired) electrons. The Labute approximate surface area is 271 Å². The Hall–Kier alpha value is -3.80. The molecule has 1 heterocycles. The van der Waals surface area contributed by atoms with Gasteiger partial charge < -0.3 is 23.7 Å². The Kier molecular flexibility index (Phi) is 11.2. The van der Waals surface area contributed by atoms with Gasteiger partial charge in [0.25, 0.3) is 5.56 Å². The lowest BCUT2D eigenvalue weighted by molar-refractivity contribution is -0.137. The maximum atomic E-state index is 12.8. The van der Waals surface area contributed by atoms with Crippen molar-refractivity contribution in [3.8, 4) is 5.75 Å². The molecule has 2 atom stereocenters. The average Bonchev–Trinajstić information content (AvgIpc) is 3.05. The van der Waals surface area contributed by atoms with Crippen molar-refractivity contribution in [3.05, 3.63) is 134 Å². The first-order chi connectivity index (χ1) is 21.8. The fraction of sp³-hybridized carbons (Fsp3) is 0.389. The van der Waals surface area contributed by atoms with Crippen LogP contribution in [0.25, 0.3) is 0 Å². The molecule has 4 rings (SSSR count). The highest BCUT2D eigenvalue weighted by Crippen LogP contribution is 2.42. The first-order valence-electron chi connectivity index (χ1n) is 15.4. The zero-order valence-corrected chi connectivity index (χ0v) is 28.8. The molecular weight excluding hydrogens is 600 g/mol. The minimum absolute atomic E-state index is 0.0397. The number of rotatable bonds is 14. The molecule has 10 heteroatoms. The lowest BCUT2D eigenvalue weighted by Gasteiger charge is -2.39. The molecule has 0 aliphatic rings. The third kappa shape index (κ3) is 7.76. The maximum absolute atomic E-state index is 12.8. The first-order valence-corrected chi connectivity index (χ1v) is 18.3. The minimum Gasteiger partial charge on any atom is -0.497 e. The van der Waals surface area contributed by atoms with Crippen LogP contribution in [0.5, 0.6) is 5.75 Å². The summed E-state index contributed by atoms with van der Waals surface area (Å²) < 4.78 is 26.8. The van der Waals surface area contributed by atoms with E-state index < -0.39 is 44.1 Å². The molecule has 0 aliphatic carbocycles.